The number of hydrogen-bond acceptors (Lipinski definition) is 8. The molecule has 34 heavy (non-hydrogen) atoms. The molecule has 0 bridgehead atoms. The fourth-order valence-corrected chi connectivity index (χ4v) is 4.58. The van der Waals surface area contributed by atoms with Gasteiger partial charge >= 0.3 is 0 Å². The number of benzene rings is 2. The van der Waals surface area contributed by atoms with Crippen molar-refractivity contribution in [3.63, 3.8) is 0 Å². The molecule has 1 atom stereocenters. The summed E-state index contributed by atoms with van der Waals surface area (Å²) in [6.45, 7) is 3.15. The van der Waals surface area contributed by atoms with E-state index in [1.807, 2.05) is 24.3 Å². The molecule has 1 fully saturated rings. The van der Waals surface area contributed by atoms with Crippen LogP contribution < -0.4 is 4.74 Å². The molecule has 0 radical (unpaired) electrons. The van der Waals surface area contributed by atoms with Gasteiger partial charge in [-0.2, -0.15) is 4.98 Å². The lowest BCUT2D eigenvalue weighted by atomic mass is 10.1. The molecular weight excluding hydrogens is 457 g/mol. The second kappa shape index (κ2) is 9.94. The van der Waals surface area contributed by atoms with Crippen LogP contribution in [0.5, 0.6) is 5.75 Å². The Kier molecular flexibility index (Phi) is 6.59. The van der Waals surface area contributed by atoms with Gasteiger partial charge in [0.1, 0.15) is 11.6 Å². The molecule has 3 heterocycles. The zero-order valence-corrected chi connectivity index (χ0v) is 19.7. The van der Waals surface area contributed by atoms with Crippen LogP contribution in [0.15, 0.2) is 52.1 Å². The van der Waals surface area contributed by atoms with Crippen molar-refractivity contribution in [2.45, 2.75) is 43.3 Å². The summed E-state index contributed by atoms with van der Waals surface area (Å²) in [5.41, 5.74) is 2.09. The Labute approximate surface area is 200 Å². The average molecular weight is 482 g/mol. The zero-order chi connectivity index (χ0) is 23.5. The van der Waals surface area contributed by atoms with E-state index < -0.39 is 0 Å². The van der Waals surface area contributed by atoms with Gasteiger partial charge < -0.3 is 14.0 Å². The molecule has 176 valence electrons. The largest absolute Gasteiger partial charge is 0.497 e. The second-order valence-corrected chi connectivity index (χ2v) is 8.99. The quantitative estimate of drug-likeness (QED) is 0.328. The fourth-order valence-electron chi connectivity index (χ4n) is 3.79. The smallest absolute Gasteiger partial charge is 0.237 e. The molecular formula is C24H24FN5O3S. The van der Waals surface area contributed by atoms with Gasteiger partial charge in [-0.1, -0.05) is 29.1 Å². The summed E-state index contributed by atoms with van der Waals surface area (Å²) < 4.78 is 32.5. The Balaban J connectivity index is 1.36. The Hall–Kier alpha value is -3.24. The predicted octanol–water partition coefficient (Wildman–Crippen LogP) is 4.92. The molecule has 0 saturated carbocycles. The third-order valence-electron chi connectivity index (χ3n) is 5.70. The standard InChI is InChI=1S/C24H24FN5O3S/c1-15-5-6-17(12-20(15)25)22-26-21(33-29-22)14-34-24-28-27-23(16-7-9-18(31-2)10-8-16)30(24)13-19-4-3-11-32-19/h5-10,12,19H,3-4,11,13-14H2,1-2H3. The lowest BCUT2D eigenvalue weighted by molar-refractivity contribution is 0.0953. The molecule has 5 rings (SSSR count). The highest BCUT2D eigenvalue weighted by Gasteiger charge is 2.22. The zero-order valence-electron chi connectivity index (χ0n) is 18.9. The van der Waals surface area contributed by atoms with Gasteiger partial charge in [0, 0.05) is 17.7 Å². The van der Waals surface area contributed by atoms with E-state index in [2.05, 4.69) is 24.9 Å². The normalized spacial score (nSPS) is 15.7. The highest BCUT2D eigenvalue weighted by Crippen LogP contribution is 2.29. The van der Waals surface area contributed by atoms with Crippen molar-refractivity contribution in [1.82, 2.24) is 24.9 Å². The third-order valence-corrected chi connectivity index (χ3v) is 6.65. The number of thioether (sulfide) groups is 1. The molecule has 10 heteroatoms. The number of aromatic nitrogens is 5. The lowest BCUT2D eigenvalue weighted by Crippen LogP contribution is -2.16. The molecule has 0 amide bonds. The monoisotopic (exact) mass is 481 g/mol. The Bertz CT molecular complexity index is 1270. The van der Waals surface area contributed by atoms with Crippen LogP contribution in [0.4, 0.5) is 4.39 Å². The lowest BCUT2D eigenvalue weighted by Gasteiger charge is -2.14. The first kappa shape index (κ1) is 22.5. The van der Waals surface area contributed by atoms with Gasteiger partial charge in [-0.3, -0.25) is 4.57 Å². The number of aryl methyl sites for hydroxylation is 1. The van der Waals surface area contributed by atoms with E-state index in [0.29, 0.717) is 35.1 Å². The highest BCUT2D eigenvalue weighted by atomic mass is 32.2. The van der Waals surface area contributed by atoms with Crippen LogP contribution >= 0.6 is 11.8 Å². The van der Waals surface area contributed by atoms with Gasteiger partial charge in [0.25, 0.3) is 0 Å². The summed E-state index contributed by atoms with van der Waals surface area (Å²) >= 11 is 1.46. The maximum absolute atomic E-state index is 13.9. The van der Waals surface area contributed by atoms with E-state index in [0.717, 1.165) is 41.7 Å². The predicted molar refractivity (Wildman–Crippen MR) is 125 cm³/mol. The SMILES string of the molecule is COc1ccc(-c2nnc(SCc3nc(-c4ccc(C)c(F)c4)no3)n2CC2CCCO2)cc1. The summed E-state index contributed by atoms with van der Waals surface area (Å²) in [7, 11) is 1.64. The minimum Gasteiger partial charge on any atom is -0.497 e. The maximum Gasteiger partial charge on any atom is 0.237 e. The van der Waals surface area contributed by atoms with E-state index in [9.17, 15) is 4.39 Å². The number of ether oxygens (including phenoxy) is 2. The molecule has 2 aromatic heterocycles. The second-order valence-electron chi connectivity index (χ2n) is 8.04. The van der Waals surface area contributed by atoms with Crippen molar-refractivity contribution in [3.05, 3.63) is 59.7 Å². The summed E-state index contributed by atoms with van der Waals surface area (Å²) in [6.07, 6.45) is 2.18. The average Bonchev–Trinajstić information content (AvgIpc) is 3.62. The van der Waals surface area contributed by atoms with E-state index >= 15 is 0 Å². The van der Waals surface area contributed by atoms with Crippen LogP contribution in [0.1, 0.15) is 24.3 Å². The fraction of sp³-hybridized carbons (Fsp3) is 0.333. The van der Waals surface area contributed by atoms with Crippen LogP contribution in [0, 0.1) is 12.7 Å². The summed E-state index contributed by atoms with van der Waals surface area (Å²) in [6, 6.07) is 12.6. The molecule has 8 nitrogen and oxygen atoms in total. The Morgan fingerprint density at radius 3 is 2.71 bits per heavy atom. The van der Waals surface area contributed by atoms with Gasteiger partial charge in [-0.25, -0.2) is 4.39 Å². The summed E-state index contributed by atoms with van der Waals surface area (Å²) in [5, 5.41) is 13.6. The van der Waals surface area contributed by atoms with Gasteiger partial charge in [-0.15, -0.1) is 10.2 Å². The van der Waals surface area contributed by atoms with Crippen molar-refractivity contribution < 1.29 is 18.4 Å². The minimum absolute atomic E-state index is 0.124. The Morgan fingerprint density at radius 1 is 1.15 bits per heavy atom. The molecule has 2 aromatic carbocycles. The topological polar surface area (TPSA) is 88.1 Å². The van der Waals surface area contributed by atoms with E-state index in [4.69, 9.17) is 14.0 Å². The number of methoxy groups -OCH3 is 1. The van der Waals surface area contributed by atoms with Crippen LogP contribution in [0.3, 0.4) is 0 Å². The first-order valence-corrected chi connectivity index (χ1v) is 12.0. The molecule has 0 N–H and O–H groups in total. The Morgan fingerprint density at radius 2 is 1.97 bits per heavy atom. The minimum atomic E-state index is -0.300. The van der Waals surface area contributed by atoms with Gasteiger partial charge in [0.2, 0.25) is 11.7 Å². The first-order valence-electron chi connectivity index (χ1n) is 11.0. The highest BCUT2D eigenvalue weighted by molar-refractivity contribution is 7.98. The van der Waals surface area contributed by atoms with Crippen molar-refractivity contribution in [1.29, 1.82) is 0 Å². The van der Waals surface area contributed by atoms with E-state index in [-0.39, 0.29) is 11.9 Å². The number of rotatable bonds is 8. The van der Waals surface area contributed by atoms with E-state index in [1.165, 1.54) is 17.8 Å². The van der Waals surface area contributed by atoms with Crippen LogP contribution in [-0.4, -0.2) is 44.7 Å². The molecule has 1 aliphatic rings. The van der Waals surface area contributed by atoms with Crippen molar-refractivity contribution in [3.8, 4) is 28.5 Å². The van der Waals surface area contributed by atoms with Crippen LogP contribution in [0.25, 0.3) is 22.8 Å². The van der Waals surface area contributed by atoms with Crippen molar-refractivity contribution in [2.24, 2.45) is 0 Å². The number of nitrogens with zero attached hydrogens (tertiary/aromatic N) is 5. The molecule has 4 aromatic rings. The van der Waals surface area contributed by atoms with Gasteiger partial charge in [0.15, 0.2) is 11.0 Å². The molecule has 1 aliphatic heterocycles. The van der Waals surface area contributed by atoms with Gasteiger partial charge in [-0.05, 0) is 55.7 Å². The van der Waals surface area contributed by atoms with Crippen LogP contribution in [0.2, 0.25) is 0 Å². The molecule has 0 spiro atoms. The van der Waals surface area contributed by atoms with Gasteiger partial charge in [0.05, 0.1) is 25.5 Å². The van der Waals surface area contributed by atoms with E-state index in [1.54, 1.807) is 26.2 Å². The van der Waals surface area contributed by atoms with Crippen LogP contribution in [-0.2, 0) is 17.0 Å². The van der Waals surface area contributed by atoms with Crippen molar-refractivity contribution >= 4 is 11.8 Å². The molecule has 1 unspecified atom stereocenters. The number of hydrogen-bond donors (Lipinski definition) is 0. The maximum atomic E-state index is 13.9. The summed E-state index contributed by atoms with van der Waals surface area (Å²) in [5.74, 6) is 2.44. The molecule has 0 aliphatic carbocycles. The third kappa shape index (κ3) is 4.83. The van der Waals surface area contributed by atoms with Crippen molar-refractivity contribution in [2.75, 3.05) is 13.7 Å². The first-order chi connectivity index (χ1) is 16.6. The molecule has 1 saturated heterocycles. The summed E-state index contributed by atoms with van der Waals surface area (Å²) in [4.78, 5) is 4.42. The number of halogens is 1.